The van der Waals surface area contributed by atoms with E-state index in [0.29, 0.717) is 34.5 Å². The van der Waals surface area contributed by atoms with E-state index in [-0.39, 0.29) is 18.1 Å². The van der Waals surface area contributed by atoms with E-state index >= 15 is 0 Å². The quantitative estimate of drug-likeness (QED) is 0.716. The van der Waals surface area contributed by atoms with Gasteiger partial charge in [0.2, 0.25) is 5.91 Å². The second-order valence-corrected chi connectivity index (χ2v) is 9.02. The summed E-state index contributed by atoms with van der Waals surface area (Å²) in [5.74, 6) is -1.27. The van der Waals surface area contributed by atoms with Gasteiger partial charge in [0.25, 0.3) is 11.8 Å². The molecule has 0 spiro atoms. The topological polar surface area (TPSA) is 92.8 Å². The maximum atomic E-state index is 13.3. The van der Waals surface area contributed by atoms with Crippen molar-refractivity contribution in [3.63, 3.8) is 0 Å². The molecule has 166 valence electrons. The molecule has 2 unspecified atom stereocenters. The summed E-state index contributed by atoms with van der Waals surface area (Å²) >= 11 is 0. The second-order valence-electron chi connectivity index (χ2n) is 9.02. The Labute approximate surface area is 186 Å². The smallest absolute Gasteiger partial charge is 0.262 e. The van der Waals surface area contributed by atoms with Crippen molar-refractivity contribution >= 4 is 29.2 Å². The van der Waals surface area contributed by atoms with Crippen molar-refractivity contribution in [3.8, 4) is 5.75 Å². The fourth-order valence-electron chi connectivity index (χ4n) is 4.26. The minimum Gasteiger partial charge on any atom is -0.487 e. The SMILES string of the molecule is CCC(C)C(C(=O)Nc1ccc2c(c1)C(=O)CC(C)(C)O2)N1C(=O)c2ccccc2C1=O. The van der Waals surface area contributed by atoms with Crippen molar-refractivity contribution in [1.82, 2.24) is 4.90 Å². The summed E-state index contributed by atoms with van der Waals surface area (Å²) in [4.78, 5) is 52.9. The first-order valence-corrected chi connectivity index (χ1v) is 10.8. The summed E-state index contributed by atoms with van der Waals surface area (Å²) in [5, 5.41) is 2.80. The lowest BCUT2D eigenvalue weighted by atomic mass is 9.92. The molecular weight excluding hydrogens is 408 g/mol. The van der Waals surface area contributed by atoms with Crippen molar-refractivity contribution in [3.05, 3.63) is 59.2 Å². The summed E-state index contributed by atoms with van der Waals surface area (Å²) in [6.07, 6.45) is 0.832. The van der Waals surface area contributed by atoms with Gasteiger partial charge in [0, 0.05) is 5.69 Å². The first-order valence-electron chi connectivity index (χ1n) is 10.8. The lowest BCUT2D eigenvalue weighted by Crippen LogP contribution is -2.50. The maximum Gasteiger partial charge on any atom is 0.262 e. The van der Waals surface area contributed by atoms with Crippen LogP contribution in [0, 0.1) is 5.92 Å². The molecule has 2 atom stereocenters. The van der Waals surface area contributed by atoms with Crippen LogP contribution in [0.3, 0.4) is 0 Å². The van der Waals surface area contributed by atoms with E-state index < -0.39 is 29.4 Å². The van der Waals surface area contributed by atoms with E-state index in [1.807, 2.05) is 27.7 Å². The number of rotatable bonds is 5. The Hall–Kier alpha value is -3.48. The molecule has 2 heterocycles. The van der Waals surface area contributed by atoms with Gasteiger partial charge >= 0.3 is 0 Å². The van der Waals surface area contributed by atoms with Crippen LogP contribution in [-0.2, 0) is 4.79 Å². The molecule has 7 heteroatoms. The Morgan fingerprint density at radius 3 is 2.28 bits per heavy atom. The monoisotopic (exact) mass is 434 g/mol. The fraction of sp³-hybridized carbons (Fsp3) is 0.360. The van der Waals surface area contributed by atoms with Crippen LogP contribution in [-0.4, -0.2) is 40.0 Å². The number of hydrogen-bond donors (Lipinski definition) is 1. The Morgan fingerprint density at radius 1 is 1.06 bits per heavy atom. The molecule has 0 bridgehead atoms. The van der Waals surface area contributed by atoms with Crippen molar-refractivity contribution < 1.29 is 23.9 Å². The Bertz CT molecular complexity index is 1100. The van der Waals surface area contributed by atoms with Gasteiger partial charge in [-0.3, -0.25) is 24.1 Å². The Balaban J connectivity index is 1.62. The van der Waals surface area contributed by atoms with Crippen molar-refractivity contribution in [2.75, 3.05) is 5.32 Å². The summed E-state index contributed by atoms with van der Waals surface area (Å²) in [6.45, 7) is 7.44. The number of carbonyl (C=O) groups is 4. The number of amides is 3. The van der Waals surface area contributed by atoms with Gasteiger partial charge in [0.05, 0.1) is 23.1 Å². The van der Waals surface area contributed by atoms with E-state index in [0.717, 1.165) is 4.90 Å². The molecule has 7 nitrogen and oxygen atoms in total. The molecule has 2 aromatic carbocycles. The average Bonchev–Trinajstić information content (AvgIpc) is 2.99. The highest BCUT2D eigenvalue weighted by Gasteiger charge is 2.44. The van der Waals surface area contributed by atoms with Gasteiger partial charge in [-0.05, 0) is 50.1 Å². The number of carbonyl (C=O) groups excluding carboxylic acids is 4. The van der Waals surface area contributed by atoms with Crippen LogP contribution < -0.4 is 10.1 Å². The number of imide groups is 1. The molecule has 4 rings (SSSR count). The number of fused-ring (bicyclic) bond motifs is 2. The van der Waals surface area contributed by atoms with E-state index in [9.17, 15) is 19.2 Å². The minimum atomic E-state index is -0.977. The van der Waals surface area contributed by atoms with Gasteiger partial charge < -0.3 is 10.1 Å². The van der Waals surface area contributed by atoms with Crippen LogP contribution >= 0.6 is 0 Å². The lowest BCUT2D eigenvalue weighted by molar-refractivity contribution is -0.121. The molecule has 3 amide bonds. The van der Waals surface area contributed by atoms with Gasteiger partial charge in [0.15, 0.2) is 5.78 Å². The van der Waals surface area contributed by atoms with E-state index in [4.69, 9.17) is 4.74 Å². The van der Waals surface area contributed by atoms with E-state index in [1.54, 1.807) is 42.5 Å². The molecule has 0 radical (unpaired) electrons. The molecule has 0 fully saturated rings. The van der Waals surface area contributed by atoms with Crippen LogP contribution in [0.25, 0.3) is 0 Å². The third-order valence-corrected chi connectivity index (χ3v) is 6.08. The van der Waals surface area contributed by atoms with Gasteiger partial charge in [-0.15, -0.1) is 0 Å². The minimum absolute atomic E-state index is 0.0637. The molecular formula is C25H26N2O5. The molecule has 0 saturated heterocycles. The number of nitrogens with zero attached hydrogens (tertiary/aromatic N) is 1. The zero-order valence-corrected chi connectivity index (χ0v) is 18.6. The number of Topliss-reactive ketones (excluding diaryl/α,β-unsaturated/α-hetero) is 1. The van der Waals surface area contributed by atoms with Gasteiger partial charge in [-0.2, -0.15) is 0 Å². The zero-order chi connectivity index (χ0) is 23.2. The average molecular weight is 434 g/mol. The third-order valence-electron chi connectivity index (χ3n) is 6.08. The summed E-state index contributed by atoms with van der Waals surface area (Å²) < 4.78 is 5.87. The van der Waals surface area contributed by atoms with Crippen LogP contribution in [0.4, 0.5) is 5.69 Å². The fourth-order valence-corrected chi connectivity index (χ4v) is 4.26. The second kappa shape index (κ2) is 7.89. The van der Waals surface area contributed by atoms with Gasteiger partial charge in [-0.1, -0.05) is 32.4 Å². The molecule has 0 aliphatic carbocycles. The van der Waals surface area contributed by atoms with Crippen molar-refractivity contribution in [2.24, 2.45) is 5.92 Å². The molecule has 2 aliphatic rings. The molecule has 0 saturated carbocycles. The van der Waals surface area contributed by atoms with Gasteiger partial charge in [-0.25, -0.2) is 0 Å². The molecule has 32 heavy (non-hydrogen) atoms. The van der Waals surface area contributed by atoms with Crippen molar-refractivity contribution in [1.29, 1.82) is 0 Å². The Kier molecular flexibility index (Phi) is 5.36. The largest absolute Gasteiger partial charge is 0.487 e. The molecule has 2 aliphatic heterocycles. The third kappa shape index (κ3) is 3.68. The van der Waals surface area contributed by atoms with E-state index in [2.05, 4.69) is 5.32 Å². The van der Waals surface area contributed by atoms with Crippen LogP contribution in [0.1, 0.15) is 71.6 Å². The first kappa shape index (κ1) is 21.7. The lowest BCUT2D eigenvalue weighted by Gasteiger charge is -2.32. The molecule has 1 N–H and O–H groups in total. The number of benzene rings is 2. The highest BCUT2D eigenvalue weighted by atomic mass is 16.5. The number of nitrogens with one attached hydrogen (secondary N) is 1. The van der Waals surface area contributed by atoms with Crippen LogP contribution in [0.15, 0.2) is 42.5 Å². The number of ketones is 1. The number of ether oxygens (including phenoxy) is 1. The predicted molar refractivity (Wildman–Crippen MR) is 119 cm³/mol. The number of anilines is 1. The van der Waals surface area contributed by atoms with Crippen LogP contribution in [0.5, 0.6) is 5.75 Å². The predicted octanol–water partition coefficient (Wildman–Crippen LogP) is 4.08. The van der Waals surface area contributed by atoms with E-state index in [1.165, 1.54) is 0 Å². The molecule has 2 aromatic rings. The normalized spacial score (nSPS) is 18.5. The van der Waals surface area contributed by atoms with Crippen LogP contribution in [0.2, 0.25) is 0 Å². The van der Waals surface area contributed by atoms with Gasteiger partial charge in [0.1, 0.15) is 17.4 Å². The number of hydrogen-bond acceptors (Lipinski definition) is 5. The van der Waals surface area contributed by atoms with Crippen molar-refractivity contribution in [2.45, 2.75) is 52.2 Å². The zero-order valence-electron chi connectivity index (χ0n) is 18.6. The summed E-state index contributed by atoms with van der Waals surface area (Å²) in [5.41, 5.74) is 0.843. The first-order chi connectivity index (χ1) is 15.1. The maximum absolute atomic E-state index is 13.3. The Morgan fingerprint density at radius 2 is 1.69 bits per heavy atom. The summed E-state index contributed by atoms with van der Waals surface area (Å²) in [6, 6.07) is 10.5. The standard InChI is InChI=1S/C25H26N2O5/c1-5-14(2)21(27-23(30)16-8-6-7-9-17(16)24(27)31)22(29)26-15-10-11-20-18(12-15)19(28)13-25(3,4)32-20/h6-12,14,21H,5,13H2,1-4H3,(H,26,29). The highest BCUT2D eigenvalue weighted by molar-refractivity contribution is 6.23. The highest BCUT2D eigenvalue weighted by Crippen LogP contribution is 2.35. The summed E-state index contributed by atoms with van der Waals surface area (Å²) in [7, 11) is 0. The molecule has 0 aromatic heterocycles.